The van der Waals surface area contributed by atoms with Crippen molar-refractivity contribution in [2.45, 2.75) is 6.92 Å². The molecule has 0 amide bonds. The number of morpholine rings is 1. The third-order valence-electron chi connectivity index (χ3n) is 4.26. The maximum absolute atomic E-state index is 12.1. The Morgan fingerprint density at radius 3 is 2.85 bits per heavy atom. The summed E-state index contributed by atoms with van der Waals surface area (Å²) < 4.78 is 12.2. The SMILES string of the molecule is CCOC(=O)c1nc2nc(-c3cnn(C)c3)cc(N3CCOCC3)c2[nH]1. The van der Waals surface area contributed by atoms with Crippen molar-refractivity contribution in [3.63, 3.8) is 0 Å². The third-order valence-corrected chi connectivity index (χ3v) is 4.26. The Kier molecular flexibility index (Phi) is 4.29. The Hall–Kier alpha value is -2.94. The molecule has 1 N–H and O–H groups in total. The fourth-order valence-corrected chi connectivity index (χ4v) is 3.02. The van der Waals surface area contributed by atoms with E-state index in [1.165, 1.54) is 0 Å². The lowest BCUT2D eigenvalue weighted by molar-refractivity contribution is 0.0513. The van der Waals surface area contributed by atoms with Crippen LogP contribution in [-0.2, 0) is 16.5 Å². The van der Waals surface area contributed by atoms with Gasteiger partial charge in [-0.2, -0.15) is 5.10 Å². The number of carbonyl (C=O) groups is 1. The van der Waals surface area contributed by atoms with Gasteiger partial charge in [0.25, 0.3) is 0 Å². The van der Waals surface area contributed by atoms with E-state index in [1.807, 2.05) is 19.3 Å². The zero-order valence-electron chi connectivity index (χ0n) is 14.7. The molecule has 0 unspecified atom stereocenters. The van der Waals surface area contributed by atoms with Crippen LogP contribution in [0, 0.1) is 0 Å². The first-order valence-corrected chi connectivity index (χ1v) is 8.55. The number of rotatable bonds is 4. The standard InChI is InChI=1S/C17H20N6O3/c1-3-26-17(24)16-20-14-13(23-4-6-25-7-5-23)8-12(19-15(14)21-16)11-9-18-22(2)10-11/h8-10H,3-7H2,1-2H3,(H,19,20,21). The van der Waals surface area contributed by atoms with Gasteiger partial charge in [-0.15, -0.1) is 0 Å². The summed E-state index contributed by atoms with van der Waals surface area (Å²) in [6.45, 7) is 4.90. The lowest BCUT2D eigenvalue weighted by Gasteiger charge is -2.29. The number of nitrogens with zero attached hydrogens (tertiary/aromatic N) is 5. The fraction of sp³-hybridized carbons (Fsp3) is 0.412. The molecule has 3 aromatic heterocycles. The summed E-state index contributed by atoms with van der Waals surface area (Å²) in [5.41, 5.74) is 3.80. The molecule has 0 bridgehead atoms. The summed E-state index contributed by atoms with van der Waals surface area (Å²) in [4.78, 5) is 26.3. The van der Waals surface area contributed by atoms with E-state index >= 15 is 0 Å². The molecule has 1 fully saturated rings. The average Bonchev–Trinajstić information content (AvgIpc) is 3.28. The number of carbonyl (C=O) groups excluding carboxylic acids is 1. The Balaban J connectivity index is 1.85. The lowest BCUT2D eigenvalue weighted by atomic mass is 10.2. The number of hydrogen-bond donors (Lipinski definition) is 1. The lowest BCUT2D eigenvalue weighted by Crippen LogP contribution is -2.36. The van der Waals surface area contributed by atoms with E-state index in [9.17, 15) is 4.79 Å². The number of H-pyrrole nitrogens is 1. The number of aryl methyl sites for hydroxylation is 1. The number of esters is 1. The normalized spacial score (nSPS) is 14.8. The van der Waals surface area contributed by atoms with Crippen LogP contribution in [0.1, 0.15) is 17.5 Å². The minimum absolute atomic E-state index is 0.159. The van der Waals surface area contributed by atoms with E-state index < -0.39 is 5.97 Å². The van der Waals surface area contributed by atoms with Gasteiger partial charge in [-0.05, 0) is 13.0 Å². The number of anilines is 1. The number of aromatic nitrogens is 5. The Labute approximate surface area is 149 Å². The smallest absolute Gasteiger partial charge is 0.374 e. The predicted octanol–water partition coefficient (Wildman–Crippen LogP) is 1.37. The summed E-state index contributed by atoms with van der Waals surface area (Å²) in [5.74, 6) is -0.325. The van der Waals surface area contributed by atoms with E-state index in [4.69, 9.17) is 9.47 Å². The topological polar surface area (TPSA) is 98.2 Å². The highest BCUT2D eigenvalue weighted by Gasteiger charge is 2.21. The van der Waals surface area contributed by atoms with Gasteiger partial charge < -0.3 is 19.4 Å². The predicted molar refractivity (Wildman–Crippen MR) is 95.1 cm³/mol. The van der Waals surface area contributed by atoms with Crippen molar-refractivity contribution in [1.82, 2.24) is 24.7 Å². The zero-order valence-corrected chi connectivity index (χ0v) is 14.7. The third kappa shape index (κ3) is 3.01. The first-order valence-electron chi connectivity index (χ1n) is 8.55. The van der Waals surface area contributed by atoms with Gasteiger partial charge in [0.1, 0.15) is 5.52 Å². The van der Waals surface area contributed by atoms with Crippen LogP contribution in [0.3, 0.4) is 0 Å². The largest absolute Gasteiger partial charge is 0.460 e. The molecule has 4 rings (SSSR count). The molecular formula is C17H20N6O3. The van der Waals surface area contributed by atoms with E-state index in [2.05, 4.69) is 25.0 Å². The number of nitrogens with one attached hydrogen (secondary N) is 1. The first kappa shape index (κ1) is 16.5. The molecule has 136 valence electrons. The van der Waals surface area contributed by atoms with Crippen LogP contribution in [0.2, 0.25) is 0 Å². The molecular weight excluding hydrogens is 336 g/mol. The molecule has 1 aliphatic rings. The van der Waals surface area contributed by atoms with Gasteiger partial charge in [-0.3, -0.25) is 4.68 Å². The molecule has 26 heavy (non-hydrogen) atoms. The molecule has 0 atom stereocenters. The van der Waals surface area contributed by atoms with E-state index in [1.54, 1.807) is 17.8 Å². The van der Waals surface area contributed by atoms with Crippen LogP contribution in [-0.4, -0.2) is 63.6 Å². The fourth-order valence-electron chi connectivity index (χ4n) is 3.02. The molecule has 9 nitrogen and oxygen atoms in total. The second-order valence-corrected chi connectivity index (χ2v) is 6.03. The van der Waals surface area contributed by atoms with Gasteiger partial charge in [0, 0.05) is 31.9 Å². The second kappa shape index (κ2) is 6.75. The minimum Gasteiger partial charge on any atom is -0.460 e. The van der Waals surface area contributed by atoms with Gasteiger partial charge in [0.15, 0.2) is 5.65 Å². The highest BCUT2D eigenvalue weighted by molar-refractivity contribution is 5.95. The number of imidazole rings is 1. The van der Waals surface area contributed by atoms with Gasteiger partial charge in [0.05, 0.1) is 37.4 Å². The van der Waals surface area contributed by atoms with Crippen LogP contribution >= 0.6 is 0 Å². The summed E-state index contributed by atoms with van der Waals surface area (Å²) in [5, 5.41) is 4.21. The van der Waals surface area contributed by atoms with Crippen molar-refractivity contribution in [2.24, 2.45) is 7.05 Å². The Bertz CT molecular complexity index is 941. The summed E-state index contributed by atoms with van der Waals surface area (Å²) in [6.07, 6.45) is 3.66. The molecule has 1 aliphatic heterocycles. The molecule has 0 aromatic carbocycles. The van der Waals surface area contributed by atoms with Crippen molar-refractivity contribution in [3.8, 4) is 11.3 Å². The van der Waals surface area contributed by atoms with Crippen LogP contribution in [0.4, 0.5) is 5.69 Å². The molecule has 4 heterocycles. The highest BCUT2D eigenvalue weighted by atomic mass is 16.5. The number of ether oxygens (including phenoxy) is 2. The number of aromatic amines is 1. The number of pyridine rings is 1. The Morgan fingerprint density at radius 2 is 2.15 bits per heavy atom. The van der Waals surface area contributed by atoms with Gasteiger partial charge in [-0.25, -0.2) is 14.8 Å². The molecule has 0 aliphatic carbocycles. The van der Waals surface area contributed by atoms with Crippen molar-refractivity contribution in [2.75, 3.05) is 37.8 Å². The molecule has 1 saturated heterocycles. The number of fused-ring (bicyclic) bond motifs is 1. The maximum atomic E-state index is 12.1. The van der Waals surface area contributed by atoms with Crippen LogP contribution in [0.5, 0.6) is 0 Å². The molecule has 3 aromatic rings. The molecule has 9 heteroatoms. The summed E-state index contributed by atoms with van der Waals surface area (Å²) in [7, 11) is 1.86. The summed E-state index contributed by atoms with van der Waals surface area (Å²) >= 11 is 0. The molecule has 0 spiro atoms. The van der Waals surface area contributed by atoms with Crippen LogP contribution in [0.25, 0.3) is 22.4 Å². The Morgan fingerprint density at radius 1 is 1.35 bits per heavy atom. The van der Waals surface area contributed by atoms with E-state index in [0.29, 0.717) is 25.5 Å². The van der Waals surface area contributed by atoms with Crippen LogP contribution < -0.4 is 4.90 Å². The molecule has 0 radical (unpaired) electrons. The van der Waals surface area contributed by atoms with Crippen molar-refractivity contribution in [1.29, 1.82) is 0 Å². The molecule has 0 saturated carbocycles. The zero-order chi connectivity index (χ0) is 18.1. The van der Waals surface area contributed by atoms with Crippen molar-refractivity contribution >= 4 is 22.8 Å². The minimum atomic E-state index is -0.485. The van der Waals surface area contributed by atoms with Crippen molar-refractivity contribution < 1.29 is 14.3 Å². The quantitative estimate of drug-likeness (QED) is 0.705. The van der Waals surface area contributed by atoms with Gasteiger partial charge in [-0.1, -0.05) is 0 Å². The van der Waals surface area contributed by atoms with Crippen molar-refractivity contribution in [3.05, 3.63) is 24.3 Å². The summed E-state index contributed by atoms with van der Waals surface area (Å²) in [6, 6.07) is 2.00. The van der Waals surface area contributed by atoms with Gasteiger partial charge in [0.2, 0.25) is 5.82 Å². The van der Waals surface area contributed by atoms with Crippen LogP contribution in [0.15, 0.2) is 18.5 Å². The maximum Gasteiger partial charge on any atom is 0.374 e. The second-order valence-electron chi connectivity index (χ2n) is 6.03. The first-order chi connectivity index (χ1) is 12.7. The monoisotopic (exact) mass is 356 g/mol. The highest BCUT2D eigenvalue weighted by Crippen LogP contribution is 2.30. The van der Waals surface area contributed by atoms with E-state index in [-0.39, 0.29) is 5.82 Å². The average molecular weight is 356 g/mol. The number of hydrogen-bond acceptors (Lipinski definition) is 7. The van der Waals surface area contributed by atoms with Gasteiger partial charge >= 0.3 is 5.97 Å². The van der Waals surface area contributed by atoms with E-state index in [0.717, 1.165) is 35.6 Å².